The van der Waals surface area contributed by atoms with E-state index in [0.717, 1.165) is 18.5 Å². The van der Waals surface area contributed by atoms with Crippen LogP contribution in [0, 0.1) is 23.1 Å². The number of likely N-dealkylation sites (tertiary alicyclic amines) is 1. The Hall–Kier alpha value is -1.44. The number of benzene rings is 1. The number of halogens is 1. The van der Waals surface area contributed by atoms with Crippen LogP contribution in [0.4, 0.5) is 4.39 Å². The van der Waals surface area contributed by atoms with Gasteiger partial charge in [-0.1, -0.05) is 6.07 Å². The SMILES string of the molecule is CN1CC2CC1CC2OCc1ccc(C#N)c(F)c1. The number of nitriles is 1. The molecule has 0 spiro atoms. The number of nitrogens with zero attached hydrogens (tertiary/aromatic N) is 2. The Labute approximate surface area is 112 Å². The molecule has 2 aliphatic rings. The lowest BCUT2D eigenvalue weighted by Crippen LogP contribution is -2.35. The monoisotopic (exact) mass is 260 g/mol. The van der Waals surface area contributed by atoms with Gasteiger partial charge in [-0.15, -0.1) is 0 Å². The quantitative estimate of drug-likeness (QED) is 0.836. The molecule has 3 atom stereocenters. The van der Waals surface area contributed by atoms with Crippen LogP contribution in [0.5, 0.6) is 0 Å². The van der Waals surface area contributed by atoms with Crippen molar-refractivity contribution < 1.29 is 9.13 Å². The lowest BCUT2D eigenvalue weighted by atomic mass is 10.1. The maximum atomic E-state index is 13.5. The summed E-state index contributed by atoms with van der Waals surface area (Å²) in [6.07, 6.45) is 2.61. The number of fused-ring (bicyclic) bond motifs is 2. The van der Waals surface area contributed by atoms with Gasteiger partial charge in [-0.3, -0.25) is 0 Å². The van der Waals surface area contributed by atoms with Crippen LogP contribution in [0.2, 0.25) is 0 Å². The van der Waals surface area contributed by atoms with E-state index in [1.54, 1.807) is 6.07 Å². The maximum absolute atomic E-state index is 13.5. The largest absolute Gasteiger partial charge is 0.373 e. The topological polar surface area (TPSA) is 36.3 Å². The molecule has 1 aliphatic carbocycles. The summed E-state index contributed by atoms with van der Waals surface area (Å²) in [6, 6.07) is 7.17. The van der Waals surface area contributed by atoms with Crippen molar-refractivity contribution in [3.8, 4) is 6.07 Å². The molecule has 2 bridgehead atoms. The van der Waals surface area contributed by atoms with Gasteiger partial charge in [0.25, 0.3) is 0 Å². The minimum atomic E-state index is -0.462. The molecule has 1 aliphatic heterocycles. The van der Waals surface area contributed by atoms with E-state index in [1.807, 2.05) is 6.07 Å². The second-order valence-electron chi connectivity index (χ2n) is 5.60. The lowest BCUT2D eigenvalue weighted by molar-refractivity contribution is -0.00640. The zero-order valence-corrected chi connectivity index (χ0v) is 11.0. The Morgan fingerprint density at radius 1 is 1.47 bits per heavy atom. The molecule has 1 aromatic rings. The summed E-state index contributed by atoms with van der Waals surface area (Å²) in [6.45, 7) is 1.54. The standard InChI is InChI=1S/C15H17FN2O/c1-18-8-12-5-13(18)6-15(12)19-9-10-2-3-11(7-17)14(16)4-10/h2-4,12-13,15H,5-6,8-9H2,1H3. The predicted octanol–water partition coefficient (Wildman–Crippen LogP) is 2.31. The molecule has 3 unspecified atom stereocenters. The average molecular weight is 260 g/mol. The van der Waals surface area contributed by atoms with Crippen molar-refractivity contribution in [3.05, 3.63) is 35.1 Å². The molecular weight excluding hydrogens is 243 g/mol. The van der Waals surface area contributed by atoms with Crippen LogP contribution < -0.4 is 0 Å². The lowest BCUT2D eigenvalue weighted by Gasteiger charge is -2.28. The molecule has 1 saturated carbocycles. The molecule has 19 heavy (non-hydrogen) atoms. The number of rotatable bonds is 3. The Kier molecular flexibility index (Phi) is 3.26. The fourth-order valence-electron chi connectivity index (χ4n) is 3.28. The van der Waals surface area contributed by atoms with Gasteiger partial charge in [-0.25, -0.2) is 4.39 Å². The van der Waals surface area contributed by atoms with Crippen LogP contribution >= 0.6 is 0 Å². The van der Waals surface area contributed by atoms with E-state index in [4.69, 9.17) is 10.00 Å². The van der Waals surface area contributed by atoms with Crippen LogP contribution in [0.3, 0.4) is 0 Å². The maximum Gasteiger partial charge on any atom is 0.141 e. The molecule has 2 fully saturated rings. The Bertz CT molecular complexity index is 523. The van der Waals surface area contributed by atoms with E-state index in [0.29, 0.717) is 24.7 Å². The molecule has 1 heterocycles. The van der Waals surface area contributed by atoms with Gasteiger partial charge in [0.2, 0.25) is 0 Å². The van der Waals surface area contributed by atoms with Crippen molar-refractivity contribution in [1.29, 1.82) is 5.26 Å². The molecule has 0 amide bonds. The van der Waals surface area contributed by atoms with E-state index < -0.39 is 5.82 Å². The van der Waals surface area contributed by atoms with Gasteiger partial charge in [0.1, 0.15) is 11.9 Å². The third-order valence-electron chi connectivity index (χ3n) is 4.37. The van der Waals surface area contributed by atoms with Crippen LogP contribution in [0.15, 0.2) is 18.2 Å². The highest BCUT2D eigenvalue weighted by atomic mass is 19.1. The molecule has 4 heteroatoms. The van der Waals surface area contributed by atoms with Gasteiger partial charge in [0.05, 0.1) is 18.3 Å². The van der Waals surface area contributed by atoms with E-state index >= 15 is 0 Å². The third kappa shape index (κ3) is 2.36. The highest BCUT2D eigenvalue weighted by Gasteiger charge is 2.43. The molecule has 0 radical (unpaired) electrons. The van der Waals surface area contributed by atoms with E-state index in [9.17, 15) is 4.39 Å². The van der Waals surface area contributed by atoms with Crippen LogP contribution in [0.1, 0.15) is 24.0 Å². The summed E-state index contributed by atoms with van der Waals surface area (Å²) in [7, 11) is 2.16. The molecule has 100 valence electrons. The predicted molar refractivity (Wildman–Crippen MR) is 68.8 cm³/mol. The minimum absolute atomic E-state index is 0.0882. The van der Waals surface area contributed by atoms with Gasteiger partial charge < -0.3 is 9.64 Å². The summed E-state index contributed by atoms with van der Waals surface area (Å²) in [5, 5.41) is 8.68. The normalized spacial score (nSPS) is 29.6. The molecular formula is C15H17FN2O. The zero-order chi connectivity index (χ0) is 13.4. The van der Waals surface area contributed by atoms with E-state index in [-0.39, 0.29) is 5.56 Å². The molecule has 0 aromatic heterocycles. The van der Waals surface area contributed by atoms with E-state index in [2.05, 4.69) is 11.9 Å². The highest BCUT2D eigenvalue weighted by Crippen LogP contribution is 2.38. The van der Waals surface area contributed by atoms with Crippen molar-refractivity contribution in [3.63, 3.8) is 0 Å². The number of ether oxygens (including phenoxy) is 1. The first-order valence-corrected chi connectivity index (χ1v) is 6.67. The molecule has 0 N–H and O–H groups in total. The van der Waals surface area contributed by atoms with Crippen LogP contribution in [0.25, 0.3) is 0 Å². The number of piperidine rings is 1. The Morgan fingerprint density at radius 3 is 2.89 bits per heavy atom. The summed E-state index contributed by atoms with van der Waals surface area (Å²) < 4.78 is 19.4. The van der Waals surface area contributed by atoms with Crippen molar-refractivity contribution in [2.45, 2.75) is 31.6 Å². The Morgan fingerprint density at radius 2 is 2.32 bits per heavy atom. The molecule has 1 aromatic carbocycles. The summed E-state index contributed by atoms with van der Waals surface area (Å²) in [4.78, 5) is 2.39. The molecule has 1 saturated heterocycles. The van der Waals surface area contributed by atoms with Gasteiger partial charge >= 0.3 is 0 Å². The summed E-state index contributed by atoms with van der Waals surface area (Å²) in [5.74, 6) is 0.162. The smallest absolute Gasteiger partial charge is 0.141 e. The van der Waals surface area contributed by atoms with Gasteiger partial charge in [0.15, 0.2) is 0 Å². The minimum Gasteiger partial charge on any atom is -0.373 e. The zero-order valence-electron chi connectivity index (χ0n) is 11.0. The van der Waals surface area contributed by atoms with Crippen LogP contribution in [-0.4, -0.2) is 30.6 Å². The average Bonchev–Trinajstić information content (AvgIpc) is 2.95. The van der Waals surface area contributed by atoms with E-state index in [1.165, 1.54) is 18.6 Å². The fraction of sp³-hybridized carbons (Fsp3) is 0.533. The van der Waals surface area contributed by atoms with Gasteiger partial charge in [-0.05, 0) is 43.5 Å². The van der Waals surface area contributed by atoms with Gasteiger partial charge in [-0.2, -0.15) is 5.26 Å². The summed E-state index contributed by atoms with van der Waals surface area (Å²) >= 11 is 0. The second-order valence-corrected chi connectivity index (χ2v) is 5.60. The van der Waals surface area contributed by atoms with Crippen molar-refractivity contribution in [2.75, 3.05) is 13.6 Å². The summed E-state index contributed by atoms with van der Waals surface area (Å²) in [5.41, 5.74) is 0.887. The first-order valence-electron chi connectivity index (χ1n) is 6.67. The first kappa shape index (κ1) is 12.6. The van der Waals surface area contributed by atoms with Crippen molar-refractivity contribution >= 4 is 0 Å². The Balaban J connectivity index is 1.59. The highest BCUT2D eigenvalue weighted by molar-refractivity contribution is 5.33. The second kappa shape index (κ2) is 4.92. The number of hydrogen-bond donors (Lipinski definition) is 0. The number of hydrogen-bond acceptors (Lipinski definition) is 3. The van der Waals surface area contributed by atoms with Crippen molar-refractivity contribution in [1.82, 2.24) is 4.90 Å². The molecule has 3 nitrogen and oxygen atoms in total. The fourth-order valence-corrected chi connectivity index (χ4v) is 3.28. The van der Waals surface area contributed by atoms with Crippen molar-refractivity contribution in [2.24, 2.45) is 5.92 Å². The third-order valence-corrected chi connectivity index (χ3v) is 4.37. The van der Waals surface area contributed by atoms with Gasteiger partial charge in [0, 0.05) is 12.6 Å². The first-order chi connectivity index (χ1) is 9.17. The molecule has 3 rings (SSSR count). The van der Waals surface area contributed by atoms with Crippen LogP contribution in [-0.2, 0) is 11.3 Å².